The highest BCUT2D eigenvalue weighted by Gasteiger charge is 2.23. The number of carboxylic acids is 1. The first-order valence-corrected chi connectivity index (χ1v) is 11.9. The van der Waals surface area contributed by atoms with Crippen LogP contribution in [0.3, 0.4) is 0 Å². The molecule has 0 fully saturated rings. The minimum absolute atomic E-state index is 0.0498. The molecule has 1 heterocycles. The van der Waals surface area contributed by atoms with Gasteiger partial charge in [0.05, 0.1) is 27.4 Å². The van der Waals surface area contributed by atoms with Crippen LogP contribution in [0, 0.1) is 5.92 Å². The van der Waals surface area contributed by atoms with E-state index in [0.29, 0.717) is 28.5 Å². The molecule has 0 bridgehead atoms. The van der Waals surface area contributed by atoms with Gasteiger partial charge in [-0.1, -0.05) is 48.7 Å². The van der Waals surface area contributed by atoms with E-state index in [-0.39, 0.29) is 27.1 Å². The largest absolute Gasteiger partial charge is 0.478 e. The van der Waals surface area contributed by atoms with E-state index in [1.54, 1.807) is 18.2 Å². The van der Waals surface area contributed by atoms with Crippen molar-refractivity contribution in [3.8, 4) is 11.3 Å². The number of amides is 2. The van der Waals surface area contributed by atoms with Crippen molar-refractivity contribution >= 4 is 58.8 Å². The first kappa shape index (κ1) is 27.3. The molecule has 8 nitrogen and oxygen atoms in total. The van der Waals surface area contributed by atoms with Gasteiger partial charge < -0.3 is 14.8 Å². The molecule has 0 saturated carbocycles. The molecule has 3 N–H and O–H groups in total. The minimum Gasteiger partial charge on any atom is -0.478 e. The second-order valence-electron chi connectivity index (χ2n) is 8.22. The maximum Gasteiger partial charge on any atom is 0.337 e. The SMILES string of the molecule is CC(C)C[C@H](NC(=O)c1ccc(Cl)cc1Cl)C(=O)N/N=C/c1ccc(-c2ccc(Cl)c(C(=O)O)c2)o1. The Morgan fingerprint density at radius 3 is 2.42 bits per heavy atom. The molecule has 188 valence electrons. The monoisotopic (exact) mass is 549 g/mol. The van der Waals surface area contributed by atoms with Crippen LogP contribution in [-0.4, -0.2) is 35.1 Å². The van der Waals surface area contributed by atoms with Gasteiger partial charge in [-0.25, -0.2) is 10.2 Å². The average Bonchev–Trinajstić information content (AvgIpc) is 3.27. The van der Waals surface area contributed by atoms with Crippen LogP contribution in [0.25, 0.3) is 11.3 Å². The van der Waals surface area contributed by atoms with Crippen molar-refractivity contribution in [3.05, 3.63) is 80.5 Å². The number of carbonyl (C=O) groups excluding carboxylic acids is 2. The van der Waals surface area contributed by atoms with E-state index in [4.69, 9.17) is 39.2 Å². The van der Waals surface area contributed by atoms with Crippen LogP contribution in [0.1, 0.15) is 46.7 Å². The third-order valence-corrected chi connectivity index (χ3v) is 5.86. The summed E-state index contributed by atoms with van der Waals surface area (Å²) in [7, 11) is 0. The Balaban J connectivity index is 1.68. The van der Waals surface area contributed by atoms with Crippen LogP contribution < -0.4 is 10.7 Å². The predicted molar refractivity (Wildman–Crippen MR) is 139 cm³/mol. The van der Waals surface area contributed by atoms with Gasteiger partial charge in [0.25, 0.3) is 11.8 Å². The highest BCUT2D eigenvalue weighted by Crippen LogP contribution is 2.27. The lowest BCUT2D eigenvalue weighted by Gasteiger charge is -2.19. The van der Waals surface area contributed by atoms with Crippen LogP contribution in [-0.2, 0) is 4.79 Å². The highest BCUT2D eigenvalue weighted by molar-refractivity contribution is 6.36. The van der Waals surface area contributed by atoms with Crippen molar-refractivity contribution < 1.29 is 23.9 Å². The first-order chi connectivity index (χ1) is 17.0. The summed E-state index contributed by atoms with van der Waals surface area (Å²) in [5, 5.41) is 16.5. The minimum atomic E-state index is -1.15. The number of hydrogen-bond acceptors (Lipinski definition) is 5. The molecule has 0 saturated heterocycles. The van der Waals surface area contributed by atoms with Crippen molar-refractivity contribution in [2.24, 2.45) is 11.0 Å². The molecular formula is C25H22Cl3N3O5. The van der Waals surface area contributed by atoms with Crippen LogP contribution >= 0.6 is 34.8 Å². The van der Waals surface area contributed by atoms with Crippen molar-refractivity contribution in [2.45, 2.75) is 26.3 Å². The molecule has 0 aliphatic carbocycles. The molecule has 2 amide bonds. The molecule has 1 aromatic heterocycles. The predicted octanol–water partition coefficient (Wildman–Crippen LogP) is 5.90. The molecule has 0 aliphatic heterocycles. The molecular weight excluding hydrogens is 529 g/mol. The molecule has 11 heteroatoms. The highest BCUT2D eigenvalue weighted by atomic mass is 35.5. The number of hydrogen-bond donors (Lipinski definition) is 3. The molecule has 0 spiro atoms. The van der Waals surface area contributed by atoms with Gasteiger partial charge in [0.2, 0.25) is 0 Å². The topological polar surface area (TPSA) is 121 Å². The zero-order chi connectivity index (χ0) is 26.4. The summed E-state index contributed by atoms with van der Waals surface area (Å²) in [6.07, 6.45) is 1.66. The fraction of sp³-hybridized carbons (Fsp3) is 0.200. The zero-order valence-electron chi connectivity index (χ0n) is 19.2. The molecule has 36 heavy (non-hydrogen) atoms. The van der Waals surface area contributed by atoms with Gasteiger partial charge >= 0.3 is 5.97 Å². The summed E-state index contributed by atoms with van der Waals surface area (Å²) >= 11 is 17.9. The van der Waals surface area contributed by atoms with Crippen molar-refractivity contribution in [2.75, 3.05) is 0 Å². The van der Waals surface area contributed by atoms with Gasteiger partial charge in [-0.05, 0) is 60.9 Å². The van der Waals surface area contributed by atoms with E-state index in [2.05, 4.69) is 15.8 Å². The normalized spacial score (nSPS) is 12.1. The fourth-order valence-corrected chi connectivity index (χ4v) is 3.96. The summed E-state index contributed by atoms with van der Waals surface area (Å²) in [4.78, 5) is 36.7. The molecule has 3 rings (SSSR count). The summed E-state index contributed by atoms with van der Waals surface area (Å²) in [5.74, 6) is -1.37. The van der Waals surface area contributed by atoms with Crippen LogP contribution in [0.4, 0.5) is 0 Å². The third kappa shape index (κ3) is 7.10. The standard InChI is InChI=1S/C25H22Cl3N3O5/c1-13(2)9-21(30-23(32)17-6-4-15(26)11-20(17)28)24(33)31-29-12-16-5-8-22(36-16)14-3-7-19(27)18(10-14)25(34)35/h3-8,10-13,21H,9H2,1-2H3,(H,30,32)(H,31,33)(H,34,35)/b29-12+/t21-/m0/s1. The van der Waals surface area contributed by atoms with Crippen molar-refractivity contribution in [1.29, 1.82) is 0 Å². The van der Waals surface area contributed by atoms with Gasteiger partial charge in [0.15, 0.2) is 0 Å². The number of aromatic carboxylic acids is 1. The summed E-state index contributed by atoms with van der Waals surface area (Å²) in [6, 6.07) is 11.3. The Morgan fingerprint density at radius 1 is 1.00 bits per heavy atom. The second kappa shape index (κ2) is 12.1. The molecule has 3 aromatic rings. The molecule has 2 aromatic carbocycles. The number of carbonyl (C=O) groups is 3. The Hall–Kier alpha value is -3.33. The smallest absolute Gasteiger partial charge is 0.337 e. The van der Waals surface area contributed by atoms with E-state index < -0.39 is 23.8 Å². The van der Waals surface area contributed by atoms with E-state index in [9.17, 15) is 19.5 Å². The number of nitrogens with one attached hydrogen (secondary N) is 2. The first-order valence-electron chi connectivity index (χ1n) is 10.8. The Labute approximate surface area is 222 Å². The van der Waals surface area contributed by atoms with E-state index >= 15 is 0 Å². The second-order valence-corrected chi connectivity index (χ2v) is 9.47. The summed E-state index contributed by atoms with van der Waals surface area (Å²) in [6.45, 7) is 3.84. The zero-order valence-corrected chi connectivity index (χ0v) is 21.5. The average molecular weight is 551 g/mol. The lowest BCUT2D eigenvalue weighted by molar-refractivity contribution is -0.123. The lowest BCUT2D eigenvalue weighted by Crippen LogP contribution is -2.46. The van der Waals surface area contributed by atoms with E-state index in [1.807, 2.05) is 13.8 Å². The fourth-order valence-electron chi connectivity index (χ4n) is 3.27. The summed E-state index contributed by atoms with van der Waals surface area (Å²) in [5.41, 5.74) is 3.07. The maximum absolute atomic E-state index is 12.7. The van der Waals surface area contributed by atoms with Crippen LogP contribution in [0.15, 0.2) is 58.0 Å². The maximum atomic E-state index is 12.7. The van der Waals surface area contributed by atoms with Crippen molar-refractivity contribution in [3.63, 3.8) is 0 Å². The Kier molecular flexibility index (Phi) is 9.14. The van der Waals surface area contributed by atoms with E-state index in [1.165, 1.54) is 36.5 Å². The van der Waals surface area contributed by atoms with E-state index in [0.717, 1.165) is 0 Å². The van der Waals surface area contributed by atoms with Crippen LogP contribution in [0.5, 0.6) is 0 Å². The number of furan rings is 1. The summed E-state index contributed by atoms with van der Waals surface area (Å²) < 4.78 is 5.66. The molecule has 0 unspecified atom stereocenters. The number of halogens is 3. The van der Waals surface area contributed by atoms with Crippen molar-refractivity contribution in [1.82, 2.24) is 10.7 Å². The van der Waals surface area contributed by atoms with Gasteiger partial charge in [-0.15, -0.1) is 0 Å². The number of hydrazone groups is 1. The lowest BCUT2D eigenvalue weighted by atomic mass is 10.0. The van der Waals surface area contributed by atoms with Gasteiger partial charge in [-0.2, -0.15) is 5.10 Å². The van der Waals surface area contributed by atoms with Gasteiger partial charge in [-0.3, -0.25) is 9.59 Å². The third-order valence-electron chi connectivity index (χ3n) is 4.98. The molecule has 1 atom stereocenters. The quantitative estimate of drug-likeness (QED) is 0.226. The van der Waals surface area contributed by atoms with Gasteiger partial charge in [0, 0.05) is 10.6 Å². The molecule has 0 radical (unpaired) electrons. The molecule has 0 aliphatic rings. The number of benzene rings is 2. The number of rotatable bonds is 9. The number of carboxylic acid groups (broad SMARTS) is 1. The number of nitrogens with zero attached hydrogens (tertiary/aromatic N) is 1. The van der Waals surface area contributed by atoms with Gasteiger partial charge in [0.1, 0.15) is 17.6 Å². The van der Waals surface area contributed by atoms with Crippen LogP contribution in [0.2, 0.25) is 15.1 Å². The Morgan fingerprint density at radius 2 is 1.75 bits per heavy atom. The Bertz CT molecular complexity index is 1320.